The fourth-order valence-corrected chi connectivity index (χ4v) is 2.62. The van der Waals surface area contributed by atoms with Crippen molar-refractivity contribution in [1.29, 1.82) is 0 Å². The smallest absolute Gasteiger partial charge is 0.0725 e. The summed E-state index contributed by atoms with van der Waals surface area (Å²) in [6.45, 7) is 1.99. The van der Waals surface area contributed by atoms with Crippen LogP contribution in [0.25, 0.3) is 21.2 Å². The summed E-state index contributed by atoms with van der Waals surface area (Å²) in [6.07, 6.45) is 1.89. The number of rotatable bonds is 4. The second-order valence-electron chi connectivity index (χ2n) is 5.27. The lowest BCUT2D eigenvalue weighted by atomic mass is 10.0. The molecule has 112 valence electrons. The number of hydrogen-bond acceptors (Lipinski definition) is 2. The molecule has 4 heteroatoms. The molecule has 0 heterocycles. The number of fused-ring (bicyclic) bond motifs is 1. The van der Waals surface area contributed by atoms with E-state index in [9.17, 15) is 0 Å². The van der Waals surface area contributed by atoms with E-state index in [-0.39, 0.29) is 6.04 Å². The van der Waals surface area contributed by atoms with Crippen LogP contribution in [-0.4, -0.2) is 6.21 Å². The Labute approximate surface area is 134 Å². The molecule has 0 spiro atoms. The zero-order chi connectivity index (χ0) is 16.1. The Morgan fingerprint density at radius 2 is 1.70 bits per heavy atom. The molecule has 0 saturated carbocycles. The Morgan fingerprint density at radius 1 is 0.957 bits per heavy atom. The van der Waals surface area contributed by atoms with E-state index in [1.54, 1.807) is 6.07 Å². The van der Waals surface area contributed by atoms with Crippen LogP contribution in [0.1, 0.15) is 24.1 Å². The lowest BCUT2D eigenvalue weighted by molar-refractivity contribution is 0.825. The Kier molecular flexibility index (Phi) is 4.37. The first-order valence-corrected chi connectivity index (χ1v) is 7.44. The van der Waals surface area contributed by atoms with E-state index in [1.807, 2.05) is 49.5 Å². The zero-order valence-corrected chi connectivity index (χ0v) is 12.8. The molecule has 1 atom stereocenters. The van der Waals surface area contributed by atoms with E-state index in [0.29, 0.717) is 5.69 Å². The summed E-state index contributed by atoms with van der Waals surface area (Å²) in [5.74, 6) is 0. The van der Waals surface area contributed by atoms with Gasteiger partial charge in [0.25, 0.3) is 0 Å². The van der Waals surface area contributed by atoms with E-state index >= 15 is 0 Å². The molecule has 0 bridgehead atoms. The van der Waals surface area contributed by atoms with Gasteiger partial charge >= 0.3 is 0 Å². The van der Waals surface area contributed by atoms with Crippen molar-refractivity contribution in [2.45, 2.75) is 13.0 Å². The highest BCUT2D eigenvalue weighted by Crippen LogP contribution is 2.28. The maximum absolute atomic E-state index is 8.67. The fourth-order valence-electron chi connectivity index (χ4n) is 2.62. The number of benzene rings is 3. The lowest BCUT2D eigenvalue weighted by Gasteiger charge is -2.10. The van der Waals surface area contributed by atoms with Crippen LogP contribution in [0.5, 0.6) is 0 Å². The third kappa shape index (κ3) is 3.23. The molecule has 0 saturated heterocycles. The Morgan fingerprint density at radius 3 is 2.57 bits per heavy atom. The molecule has 3 rings (SSSR count). The Bertz CT molecular complexity index is 903. The molecule has 0 aliphatic rings. The van der Waals surface area contributed by atoms with Gasteiger partial charge in [-0.15, -0.1) is 0 Å². The molecule has 0 aliphatic heterocycles. The van der Waals surface area contributed by atoms with Gasteiger partial charge in [-0.25, -0.2) is 0 Å². The highest BCUT2D eigenvalue weighted by atomic mass is 15.1. The molecule has 3 aromatic carbocycles. The highest BCUT2D eigenvalue weighted by Gasteiger charge is 2.07. The summed E-state index contributed by atoms with van der Waals surface area (Å²) in [6, 6.07) is 21.9. The maximum atomic E-state index is 8.67. The van der Waals surface area contributed by atoms with Crippen LogP contribution in [0, 0.1) is 0 Å². The van der Waals surface area contributed by atoms with Gasteiger partial charge in [-0.05, 0) is 28.8 Å². The van der Waals surface area contributed by atoms with E-state index in [2.05, 4.69) is 39.3 Å². The van der Waals surface area contributed by atoms with Crippen molar-refractivity contribution < 1.29 is 0 Å². The zero-order valence-electron chi connectivity index (χ0n) is 12.8. The molecular formula is C19H16N4. The van der Waals surface area contributed by atoms with Gasteiger partial charge in [-0.3, -0.25) is 4.99 Å². The third-order valence-corrected chi connectivity index (χ3v) is 3.80. The maximum Gasteiger partial charge on any atom is 0.0725 e. The first kappa shape index (κ1) is 14.8. The molecule has 23 heavy (non-hydrogen) atoms. The van der Waals surface area contributed by atoms with E-state index in [1.165, 1.54) is 10.8 Å². The van der Waals surface area contributed by atoms with Gasteiger partial charge in [-0.2, -0.15) is 0 Å². The first-order valence-electron chi connectivity index (χ1n) is 7.44. The lowest BCUT2D eigenvalue weighted by Crippen LogP contribution is -1.92. The minimum absolute atomic E-state index is 0.0873. The number of hydrogen-bond donors (Lipinski definition) is 0. The fraction of sp³-hybridized carbons (Fsp3) is 0.105. The van der Waals surface area contributed by atoms with Gasteiger partial charge in [0.2, 0.25) is 0 Å². The summed E-state index contributed by atoms with van der Waals surface area (Å²) in [4.78, 5) is 7.53. The van der Waals surface area contributed by atoms with Gasteiger partial charge in [0.05, 0.1) is 6.04 Å². The van der Waals surface area contributed by atoms with Crippen molar-refractivity contribution in [3.8, 4) is 0 Å². The molecule has 4 nitrogen and oxygen atoms in total. The molecule has 0 N–H and O–H groups in total. The number of aliphatic imine (C=N–C) groups is 1. The largest absolute Gasteiger partial charge is 0.285 e. The Balaban J connectivity index is 1.95. The predicted molar refractivity (Wildman–Crippen MR) is 95.2 cm³/mol. The minimum atomic E-state index is -0.0873. The summed E-state index contributed by atoms with van der Waals surface area (Å²) >= 11 is 0. The number of nitrogens with zero attached hydrogens (tertiary/aromatic N) is 4. The summed E-state index contributed by atoms with van der Waals surface area (Å²) in [5.41, 5.74) is 11.3. The van der Waals surface area contributed by atoms with Gasteiger partial charge in [0, 0.05) is 22.4 Å². The van der Waals surface area contributed by atoms with Crippen LogP contribution in [0.4, 0.5) is 5.69 Å². The van der Waals surface area contributed by atoms with Crippen LogP contribution in [0.3, 0.4) is 0 Å². The van der Waals surface area contributed by atoms with Crippen molar-refractivity contribution in [2.75, 3.05) is 0 Å². The SMILES string of the molecule is C[C@H](N=Cc1cccc2ccccc12)c1ccccc1N=[N+]=[N-]. The molecule has 3 aromatic rings. The van der Waals surface area contributed by atoms with E-state index < -0.39 is 0 Å². The predicted octanol–water partition coefficient (Wildman–Crippen LogP) is 5.96. The van der Waals surface area contributed by atoms with Crippen molar-refractivity contribution in [2.24, 2.45) is 10.1 Å². The second-order valence-corrected chi connectivity index (χ2v) is 5.27. The Hall–Kier alpha value is -3.10. The van der Waals surface area contributed by atoms with Gasteiger partial charge < -0.3 is 0 Å². The molecule has 0 radical (unpaired) electrons. The average Bonchev–Trinajstić information content (AvgIpc) is 2.60. The van der Waals surface area contributed by atoms with E-state index in [4.69, 9.17) is 5.53 Å². The van der Waals surface area contributed by atoms with Crippen LogP contribution in [-0.2, 0) is 0 Å². The monoisotopic (exact) mass is 300 g/mol. The van der Waals surface area contributed by atoms with Crippen molar-refractivity contribution in [3.63, 3.8) is 0 Å². The van der Waals surface area contributed by atoms with Gasteiger partial charge in [0.15, 0.2) is 0 Å². The van der Waals surface area contributed by atoms with Crippen LogP contribution < -0.4 is 0 Å². The standard InChI is InChI=1S/C19H16N4/c1-14(17-10-4-5-12-19(17)22-23-20)21-13-16-9-6-8-15-7-2-3-11-18(15)16/h2-14H,1H3/t14-/m0/s1. The molecule has 0 amide bonds. The summed E-state index contributed by atoms with van der Waals surface area (Å²) < 4.78 is 0. The third-order valence-electron chi connectivity index (χ3n) is 3.80. The summed E-state index contributed by atoms with van der Waals surface area (Å²) in [5, 5.41) is 6.11. The topological polar surface area (TPSA) is 61.1 Å². The molecule has 0 unspecified atom stereocenters. The van der Waals surface area contributed by atoms with Crippen LogP contribution >= 0.6 is 0 Å². The quantitative estimate of drug-likeness (QED) is 0.247. The van der Waals surface area contributed by atoms with Crippen LogP contribution in [0.2, 0.25) is 0 Å². The number of azide groups is 1. The van der Waals surface area contributed by atoms with Crippen molar-refractivity contribution in [1.82, 2.24) is 0 Å². The molecule has 0 fully saturated rings. The minimum Gasteiger partial charge on any atom is -0.285 e. The summed E-state index contributed by atoms with van der Waals surface area (Å²) in [7, 11) is 0. The van der Waals surface area contributed by atoms with Crippen molar-refractivity contribution >= 4 is 22.7 Å². The second kappa shape index (κ2) is 6.77. The molecular weight excluding hydrogens is 284 g/mol. The first-order chi connectivity index (χ1) is 11.3. The van der Waals surface area contributed by atoms with Crippen molar-refractivity contribution in [3.05, 3.63) is 88.3 Å². The average molecular weight is 300 g/mol. The highest BCUT2D eigenvalue weighted by molar-refractivity contribution is 5.99. The van der Waals surface area contributed by atoms with Gasteiger partial charge in [0.1, 0.15) is 0 Å². The molecule has 0 aliphatic carbocycles. The van der Waals surface area contributed by atoms with E-state index in [0.717, 1.165) is 11.1 Å². The van der Waals surface area contributed by atoms with Crippen LogP contribution in [0.15, 0.2) is 76.8 Å². The normalized spacial score (nSPS) is 12.2. The van der Waals surface area contributed by atoms with Gasteiger partial charge in [-0.1, -0.05) is 71.8 Å². The molecule has 0 aromatic heterocycles.